The minimum Gasteiger partial charge on any atom is -0.451 e. The SMILES string of the molecule is Cc1cc(-c2ccc3cc(C(=O)NC4(C(=O)NC5(C#N)CC5)CCC(F)(F)CC4)oc3c2)ccc1N(N)C=N. The van der Waals surface area contributed by atoms with Crippen LogP contribution in [0.2, 0.25) is 0 Å². The average Bonchev–Trinajstić information content (AvgIpc) is 3.56. The first-order chi connectivity index (χ1) is 18.5. The zero-order chi connectivity index (χ0) is 28.0. The van der Waals surface area contributed by atoms with Crippen molar-refractivity contribution in [2.75, 3.05) is 5.01 Å². The molecular weight excluding hydrogens is 506 g/mol. The third-order valence-electron chi connectivity index (χ3n) is 7.63. The number of nitriles is 1. The summed E-state index contributed by atoms with van der Waals surface area (Å²) in [7, 11) is 0. The van der Waals surface area contributed by atoms with E-state index in [1.54, 1.807) is 24.3 Å². The van der Waals surface area contributed by atoms with Crippen LogP contribution in [0.25, 0.3) is 22.1 Å². The molecular formula is C28H28F2N6O3. The molecule has 0 saturated heterocycles. The smallest absolute Gasteiger partial charge is 0.287 e. The van der Waals surface area contributed by atoms with Crippen molar-refractivity contribution in [1.29, 1.82) is 10.7 Å². The third-order valence-corrected chi connectivity index (χ3v) is 7.63. The molecule has 1 aromatic heterocycles. The van der Waals surface area contributed by atoms with Gasteiger partial charge in [-0.15, -0.1) is 0 Å². The van der Waals surface area contributed by atoms with Crippen LogP contribution >= 0.6 is 0 Å². The van der Waals surface area contributed by atoms with Gasteiger partial charge in [0, 0.05) is 18.2 Å². The van der Waals surface area contributed by atoms with Gasteiger partial charge in [-0.1, -0.05) is 18.2 Å². The van der Waals surface area contributed by atoms with Gasteiger partial charge in [-0.25, -0.2) is 14.6 Å². The minimum atomic E-state index is -2.92. The number of hydrazine groups is 1. The second-order valence-corrected chi connectivity index (χ2v) is 10.4. The Labute approximate surface area is 223 Å². The fourth-order valence-corrected chi connectivity index (χ4v) is 4.97. The van der Waals surface area contributed by atoms with Gasteiger partial charge in [-0.2, -0.15) is 5.26 Å². The number of carbonyl (C=O) groups is 2. The number of halogens is 2. The summed E-state index contributed by atoms with van der Waals surface area (Å²) in [5.41, 5.74) is 1.13. The molecule has 2 aliphatic rings. The molecule has 39 heavy (non-hydrogen) atoms. The number of rotatable bonds is 7. The Kier molecular flexibility index (Phi) is 6.39. The van der Waals surface area contributed by atoms with E-state index in [4.69, 9.17) is 15.7 Å². The molecule has 11 heteroatoms. The number of anilines is 1. The van der Waals surface area contributed by atoms with E-state index in [9.17, 15) is 23.6 Å². The van der Waals surface area contributed by atoms with Crippen LogP contribution in [0.4, 0.5) is 14.5 Å². The zero-order valence-corrected chi connectivity index (χ0v) is 21.3. The first-order valence-corrected chi connectivity index (χ1v) is 12.6. The Bertz CT molecular complexity index is 1510. The Morgan fingerprint density at radius 2 is 1.72 bits per heavy atom. The molecule has 0 aliphatic heterocycles. The van der Waals surface area contributed by atoms with Crippen LogP contribution in [0.5, 0.6) is 0 Å². The lowest BCUT2D eigenvalue weighted by molar-refractivity contribution is -0.133. The Hall–Kier alpha value is -4.30. The van der Waals surface area contributed by atoms with Crippen molar-refractivity contribution in [2.45, 2.75) is 62.4 Å². The van der Waals surface area contributed by atoms with Gasteiger partial charge in [0.05, 0.1) is 11.8 Å². The summed E-state index contributed by atoms with van der Waals surface area (Å²) in [5, 5.41) is 23.9. The summed E-state index contributed by atoms with van der Waals surface area (Å²) in [6.07, 6.45) is 0.373. The first kappa shape index (κ1) is 26.3. The number of amides is 2. The van der Waals surface area contributed by atoms with Crippen molar-refractivity contribution in [2.24, 2.45) is 5.84 Å². The summed E-state index contributed by atoms with van der Waals surface area (Å²) >= 11 is 0. The predicted molar refractivity (Wildman–Crippen MR) is 141 cm³/mol. The fourth-order valence-electron chi connectivity index (χ4n) is 4.97. The predicted octanol–water partition coefficient (Wildman–Crippen LogP) is 4.55. The van der Waals surface area contributed by atoms with Gasteiger partial charge in [0.25, 0.3) is 5.91 Å². The van der Waals surface area contributed by atoms with Gasteiger partial charge in [0.1, 0.15) is 23.0 Å². The highest BCUT2D eigenvalue weighted by Gasteiger charge is 2.53. The van der Waals surface area contributed by atoms with Crippen LogP contribution in [-0.4, -0.2) is 35.2 Å². The highest BCUT2D eigenvalue weighted by molar-refractivity contribution is 6.01. The van der Waals surface area contributed by atoms with E-state index in [1.807, 2.05) is 25.1 Å². The van der Waals surface area contributed by atoms with Crippen molar-refractivity contribution in [3.8, 4) is 17.2 Å². The third kappa shape index (κ3) is 5.07. The Balaban J connectivity index is 1.39. The Morgan fingerprint density at radius 1 is 1.05 bits per heavy atom. The van der Waals surface area contributed by atoms with Gasteiger partial charge >= 0.3 is 0 Å². The van der Waals surface area contributed by atoms with Gasteiger partial charge in [0.2, 0.25) is 11.8 Å². The van der Waals surface area contributed by atoms with E-state index >= 15 is 0 Å². The number of alkyl halides is 2. The van der Waals surface area contributed by atoms with E-state index in [2.05, 4.69) is 16.7 Å². The van der Waals surface area contributed by atoms with E-state index < -0.39 is 41.7 Å². The maximum Gasteiger partial charge on any atom is 0.287 e. The maximum atomic E-state index is 14.0. The number of benzene rings is 2. The van der Waals surface area contributed by atoms with Crippen molar-refractivity contribution in [3.63, 3.8) is 0 Å². The number of nitrogens with one attached hydrogen (secondary N) is 3. The molecule has 0 spiro atoms. The number of nitrogens with two attached hydrogens (primary N) is 1. The topological polar surface area (TPSA) is 148 Å². The number of furan rings is 1. The summed E-state index contributed by atoms with van der Waals surface area (Å²) in [6, 6.07) is 14.6. The number of carbonyl (C=O) groups excluding carboxylic acids is 2. The number of aryl methyl sites for hydroxylation is 1. The highest BCUT2D eigenvalue weighted by atomic mass is 19.3. The molecule has 0 radical (unpaired) electrons. The molecule has 2 saturated carbocycles. The molecule has 2 amide bonds. The summed E-state index contributed by atoms with van der Waals surface area (Å²) in [6.45, 7) is 1.88. The molecule has 202 valence electrons. The van der Waals surface area contributed by atoms with Crippen molar-refractivity contribution >= 4 is 34.8 Å². The van der Waals surface area contributed by atoms with Gasteiger partial charge in [0.15, 0.2) is 5.76 Å². The molecule has 0 bridgehead atoms. The average molecular weight is 535 g/mol. The number of hydrogen-bond donors (Lipinski definition) is 4. The van der Waals surface area contributed by atoms with Gasteiger partial charge in [-0.3, -0.25) is 20.0 Å². The standard InChI is InChI=1S/C28H28F2N6O3/c1-17-12-18(4-5-21(17)36(33)16-32)19-2-3-20-14-23(39-22(20)13-19)24(37)34-27(8-10-28(29,30)11-9-27)25(38)35-26(15-31)6-7-26/h2-5,12-14,16,32H,6-11,33H2,1H3,(H,34,37)(H,35,38). The normalized spacial score (nSPS) is 18.5. The quantitative estimate of drug-likeness (QED) is 0.151. The zero-order valence-electron chi connectivity index (χ0n) is 21.3. The molecule has 3 aromatic rings. The van der Waals surface area contributed by atoms with Crippen molar-refractivity contribution in [3.05, 3.63) is 53.8 Å². The van der Waals surface area contributed by atoms with Crippen molar-refractivity contribution < 1.29 is 22.8 Å². The van der Waals surface area contributed by atoms with Crippen molar-refractivity contribution in [1.82, 2.24) is 10.6 Å². The highest BCUT2D eigenvalue weighted by Crippen LogP contribution is 2.41. The van der Waals surface area contributed by atoms with Gasteiger partial charge < -0.3 is 15.1 Å². The van der Waals surface area contributed by atoms with Crippen LogP contribution in [-0.2, 0) is 4.79 Å². The molecule has 2 fully saturated rings. The van der Waals surface area contributed by atoms with E-state index in [1.165, 1.54) is 5.01 Å². The molecule has 2 aliphatic carbocycles. The maximum absolute atomic E-state index is 14.0. The van der Waals surface area contributed by atoms with Crippen LogP contribution in [0, 0.1) is 23.7 Å². The van der Waals surface area contributed by atoms with E-state index in [-0.39, 0.29) is 18.6 Å². The lowest BCUT2D eigenvalue weighted by atomic mass is 9.78. The largest absolute Gasteiger partial charge is 0.451 e. The second-order valence-electron chi connectivity index (χ2n) is 10.4. The van der Waals surface area contributed by atoms with Crippen LogP contribution < -0.4 is 21.5 Å². The fraction of sp³-hybridized carbons (Fsp3) is 0.357. The first-order valence-electron chi connectivity index (χ1n) is 12.6. The van der Waals surface area contributed by atoms with Crippen LogP contribution in [0.15, 0.2) is 46.9 Å². The lowest BCUT2D eigenvalue weighted by Gasteiger charge is -2.39. The van der Waals surface area contributed by atoms with Crippen LogP contribution in [0.1, 0.15) is 54.6 Å². The second kappa shape index (κ2) is 9.47. The molecule has 9 nitrogen and oxygen atoms in total. The molecule has 5 rings (SSSR count). The number of hydrogen-bond acceptors (Lipinski definition) is 6. The summed E-state index contributed by atoms with van der Waals surface area (Å²) in [5.74, 6) is 1.51. The number of fused-ring (bicyclic) bond motifs is 1. The minimum absolute atomic E-state index is 0.0515. The lowest BCUT2D eigenvalue weighted by Crippen LogP contribution is -2.62. The van der Waals surface area contributed by atoms with E-state index in [0.717, 1.165) is 23.0 Å². The number of nitrogens with zero attached hydrogens (tertiary/aromatic N) is 2. The molecule has 1 heterocycles. The van der Waals surface area contributed by atoms with Crippen LogP contribution in [0.3, 0.4) is 0 Å². The summed E-state index contributed by atoms with van der Waals surface area (Å²) < 4.78 is 33.8. The van der Waals surface area contributed by atoms with E-state index in [0.29, 0.717) is 29.5 Å². The monoisotopic (exact) mass is 534 g/mol. The molecule has 2 aromatic carbocycles. The molecule has 0 atom stereocenters. The Morgan fingerprint density at radius 3 is 2.33 bits per heavy atom. The molecule has 0 unspecified atom stereocenters. The summed E-state index contributed by atoms with van der Waals surface area (Å²) in [4.78, 5) is 26.5. The van der Waals surface area contributed by atoms with Gasteiger partial charge in [-0.05, 0) is 73.6 Å². The molecule has 5 N–H and O–H groups in total.